The molecule has 110 valence electrons. The van der Waals surface area contributed by atoms with Crippen LogP contribution in [0.4, 0.5) is 5.82 Å². The maximum absolute atomic E-state index is 5.45. The quantitative estimate of drug-likeness (QED) is 0.911. The summed E-state index contributed by atoms with van der Waals surface area (Å²) in [5.74, 6) is 0.997. The van der Waals surface area contributed by atoms with E-state index in [1.807, 2.05) is 6.92 Å². The Balaban J connectivity index is 1.58. The van der Waals surface area contributed by atoms with Gasteiger partial charge in [-0.3, -0.25) is 4.90 Å². The summed E-state index contributed by atoms with van der Waals surface area (Å²) in [5.41, 5.74) is 2.22. The molecular formula is C15H24N4O. The monoisotopic (exact) mass is 276 g/mol. The fourth-order valence-corrected chi connectivity index (χ4v) is 3.16. The lowest BCUT2D eigenvalue weighted by molar-refractivity contribution is 0.0421. The van der Waals surface area contributed by atoms with E-state index in [-0.39, 0.29) is 0 Å². The van der Waals surface area contributed by atoms with Gasteiger partial charge < -0.3 is 10.1 Å². The van der Waals surface area contributed by atoms with Crippen molar-refractivity contribution >= 4 is 5.82 Å². The molecule has 1 unspecified atom stereocenters. The predicted octanol–water partition coefficient (Wildman–Crippen LogP) is 1.76. The number of likely N-dealkylation sites (tertiary alicyclic amines) is 1. The van der Waals surface area contributed by atoms with Gasteiger partial charge in [0.2, 0.25) is 0 Å². The maximum Gasteiger partial charge on any atom is 0.132 e. The Morgan fingerprint density at radius 3 is 2.80 bits per heavy atom. The molecule has 0 radical (unpaired) electrons. The molecule has 0 aromatic carbocycles. The zero-order valence-corrected chi connectivity index (χ0v) is 12.4. The minimum atomic E-state index is 0.505. The third kappa shape index (κ3) is 2.94. The Hall–Kier alpha value is -1.20. The van der Waals surface area contributed by atoms with Crippen LogP contribution in [0.25, 0.3) is 0 Å². The first-order valence-electron chi connectivity index (χ1n) is 7.60. The van der Waals surface area contributed by atoms with Crippen LogP contribution in [0.5, 0.6) is 0 Å². The molecule has 0 bridgehead atoms. The van der Waals surface area contributed by atoms with Crippen molar-refractivity contribution in [3.8, 4) is 0 Å². The Labute approximate surface area is 120 Å². The van der Waals surface area contributed by atoms with Crippen molar-refractivity contribution in [2.24, 2.45) is 0 Å². The van der Waals surface area contributed by atoms with E-state index in [0.717, 1.165) is 36.8 Å². The summed E-state index contributed by atoms with van der Waals surface area (Å²) >= 11 is 0. The molecule has 0 amide bonds. The number of hydrogen-bond donors (Lipinski definition) is 1. The van der Waals surface area contributed by atoms with Crippen LogP contribution in [0, 0.1) is 13.8 Å². The standard InChI is InChI=1S/C15H24N4O/c1-11-12(2)16-10-17-15(11)18-13-3-6-19(9-13)14-4-7-20-8-5-14/h10,13-14H,3-9H2,1-2H3,(H,16,17,18). The number of aryl methyl sites for hydroxylation is 1. The second kappa shape index (κ2) is 6.06. The van der Waals surface area contributed by atoms with Gasteiger partial charge in [-0.2, -0.15) is 0 Å². The zero-order valence-electron chi connectivity index (χ0n) is 12.4. The maximum atomic E-state index is 5.45. The number of nitrogens with one attached hydrogen (secondary N) is 1. The molecule has 0 spiro atoms. The number of ether oxygens (including phenoxy) is 1. The number of anilines is 1. The van der Waals surface area contributed by atoms with Crippen LogP contribution >= 0.6 is 0 Å². The third-order valence-corrected chi connectivity index (χ3v) is 4.60. The second-order valence-corrected chi connectivity index (χ2v) is 5.90. The van der Waals surface area contributed by atoms with E-state index in [2.05, 4.69) is 27.1 Å². The Kier molecular flexibility index (Phi) is 4.17. The van der Waals surface area contributed by atoms with E-state index in [1.54, 1.807) is 6.33 Å². The highest BCUT2D eigenvalue weighted by Crippen LogP contribution is 2.23. The summed E-state index contributed by atoms with van der Waals surface area (Å²) in [7, 11) is 0. The molecule has 2 fully saturated rings. The Bertz CT molecular complexity index is 459. The van der Waals surface area contributed by atoms with Gasteiger partial charge in [-0.25, -0.2) is 9.97 Å². The summed E-state index contributed by atoms with van der Waals surface area (Å²) in [5, 5.41) is 3.60. The van der Waals surface area contributed by atoms with E-state index in [1.165, 1.54) is 25.8 Å². The molecule has 0 saturated carbocycles. The van der Waals surface area contributed by atoms with Gasteiger partial charge in [0.25, 0.3) is 0 Å². The van der Waals surface area contributed by atoms with Gasteiger partial charge in [0.15, 0.2) is 0 Å². The second-order valence-electron chi connectivity index (χ2n) is 5.90. The molecule has 5 nitrogen and oxygen atoms in total. The zero-order chi connectivity index (χ0) is 13.9. The Morgan fingerprint density at radius 2 is 2.00 bits per heavy atom. The van der Waals surface area contributed by atoms with Crippen LogP contribution in [-0.4, -0.2) is 53.3 Å². The number of nitrogens with zero attached hydrogens (tertiary/aromatic N) is 3. The lowest BCUT2D eigenvalue weighted by Gasteiger charge is -2.31. The van der Waals surface area contributed by atoms with Gasteiger partial charge in [0.05, 0.1) is 0 Å². The molecule has 3 rings (SSSR count). The van der Waals surface area contributed by atoms with Crippen LogP contribution < -0.4 is 5.32 Å². The number of hydrogen-bond acceptors (Lipinski definition) is 5. The first kappa shape index (κ1) is 13.8. The lowest BCUT2D eigenvalue weighted by atomic mass is 10.1. The van der Waals surface area contributed by atoms with Crippen molar-refractivity contribution in [2.75, 3.05) is 31.6 Å². The largest absolute Gasteiger partial charge is 0.381 e. The lowest BCUT2D eigenvalue weighted by Crippen LogP contribution is -2.39. The van der Waals surface area contributed by atoms with E-state index in [9.17, 15) is 0 Å². The van der Waals surface area contributed by atoms with Crippen molar-refractivity contribution < 1.29 is 4.74 Å². The van der Waals surface area contributed by atoms with Gasteiger partial charge in [-0.15, -0.1) is 0 Å². The van der Waals surface area contributed by atoms with E-state index < -0.39 is 0 Å². The normalized spacial score (nSPS) is 25.0. The van der Waals surface area contributed by atoms with Crippen LogP contribution in [0.3, 0.4) is 0 Å². The SMILES string of the molecule is Cc1ncnc(NC2CCN(C3CCOCC3)C2)c1C. The molecule has 3 heterocycles. The molecule has 1 aromatic rings. The molecular weight excluding hydrogens is 252 g/mol. The molecule has 1 aromatic heterocycles. The summed E-state index contributed by atoms with van der Waals surface area (Å²) in [4.78, 5) is 11.2. The van der Waals surface area contributed by atoms with E-state index >= 15 is 0 Å². The van der Waals surface area contributed by atoms with Gasteiger partial charge in [0, 0.05) is 49.6 Å². The van der Waals surface area contributed by atoms with Crippen LogP contribution in [-0.2, 0) is 4.74 Å². The summed E-state index contributed by atoms with van der Waals surface area (Å²) in [6, 6.07) is 1.22. The highest BCUT2D eigenvalue weighted by molar-refractivity contribution is 5.45. The number of aromatic nitrogens is 2. The average Bonchev–Trinajstić information content (AvgIpc) is 2.93. The van der Waals surface area contributed by atoms with Gasteiger partial charge in [-0.05, 0) is 33.1 Å². The number of rotatable bonds is 3. The predicted molar refractivity (Wildman–Crippen MR) is 78.9 cm³/mol. The van der Waals surface area contributed by atoms with E-state index in [0.29, 0.717) is 12.1 Å². The summed E-state index contributed by atoms with van der Waals surface area (Å²) < 4.78 is 5.45. The average molecular weight is 276 g/mol. The van der Waals surface area contributed by atoms with Crippen LogP contribution in [0.15, 0.2) is 6.33 Å². The third-order valence-electron chi connectivity index (χ3n) is 4.60. The molecule has 2 saturated heterocycles. The summed E-state index contributed by atoms with van der Waals surface area (Å²) in [6.45, 7) is 8.26. The van der Waals surface area contributed by atoms with E-state index in [4.69, 9.17) is 4.74 Å². The van der Waals surface area contributed by atoms with Gasteiger partial charge >= 0.3 is 0 Å². The van der Waals surface area contributed by atoms with Crippen LogP contribution in [0.2, 0.25) is 0 Å². The van der Waals surface area contributed by atoms with Crippen molar-refractivity contribution in [3.63, 3.8) is 0 Å². The van der Waals surface area contributed by atoms with Gasteiger partial charge in [0.1, 0.15) is 12.1 Å². The minimum Gasteiger partial charge on any atom is -0.381 e. The molecule has 2 aliphatic heterocycles. The van der Waals surface area contributed by atoms with Gasteiger partial charge in [-0.1, -0.05) is 0 Å². The fraction of sp³-hybridized carbons (Fsp3) is 0.733. The van der Waals surface area contributed by atoms with Crippen LogP contribution in [0.1, 0.15) is 30.5 Å². The molecule has 20 heavy (non-hydrogen) atoms. The molecule has 5 heteroatoms. The first-order valence-corrected chi connectivity index (χ1v) is 7.60. The smallest absolute Gasteiger partial charge is 0.132 e. The first-order chi connectivity index (χ1) is 9.74. The highest BCUT2D eigenvalue weighted by atomic mass is 16.5. The minimum absolute atomic E-state index is 0.505. The topological polar surface area (TPSA) is 50.3 Å². The highest BCUT2D eigenvalue weighted by Gasteiger charge is 2.29. The fourth-order valence-electron chi connectivity index (χ4n) is 3.16. The van der Waals surface area contributed by atoms with Crippen molar-refractivity contribution in [3.05, 3.63) is 17.6 Å². The molecule has 2 aliphatic rings. The molecule has 1 atom stereocenters. The van der Waals surface area contributed by atoms with Crippen molar-refractivity contribution in [2.45, 2.75) is 45.2 Å². The Morgan fingerprint density at radius 1 is 1.20 bits per heavy atom. The summed E-state index contributed by atoms with van der Waals surface area (Å²) in [6.07, 6.45) is 5.20. The molecule has 0 aliphatic carbocycles. The molecule has 1 N–H and O–H groups in total. The van der Waals surface area contributed by atoms with Crippen molar-refractivity contribution in [1.29, 1.82) is 0 Å². The van der Waals surface area contributed by atoms with Crippen molar-refractivity contribution in [1.82, 2.24) is 14.9 Å².